The average Bonchev–Trinajstić information content (AvgIpc) is 2.96. The zero-order valence-electron chi connectivity index (χ0n) is 14.0. The molecule has 0 unspecified atom stereocenters. The molecule has 1 N–H and O–H groups in total. The lowest BCUT2D eigenvalue weighted by molar-refractivity contribution is 0.127. The second-order valence-electron chi connectivity index (χ2n) is 6.20. The number of H-pyrrole nitrogens is 1. The van der Waals surface area contributed by atoms with E-state index in [2.05, 4.69) is 56.9 Å². The highest BCUT2D eigenvalue weighted by molar-refractivity contribution is 7.71. The van der Waals surface area contributed by atoms with E-state index in [1.54, 1.807) is 0 Å². The van der Waals surface area contributed by atoms with E-state index in [0.717, 1.165) is 58.1 Å². The number of allylic oxidation sites excluding steroid dienone is 1. The summed E-state index contributed by atoms with van der Waals surface area (Å²) in [6, 6.07) is 10.7. The summed E-state index contributed by atoms with van der Waals surface area (Å²) in [4.78, 5) is 5.04. The van der Waals surface area contributed by atoms with Crippen LogP contribution in [0.4, 0.5) is 0 Å². The SMILES string of the molecule is C=CCn1c(CCN2CCN(Cc3ccccc3)CC2)n[nH]c1=S. The lowest BCUT2D eigenvalue weighted by Crippen LogP contribution is -2.46. The largest absolute Gasteiger partial charge is 0.300 e. The molecule has 0 spiro atoms. The Balaban J connectivity index is 1.46. The van der Waals surface area contributed by atoms with Crippen LogP contribution in [-0.2, 0) is 19.5 Å². The van der Waals surface area contributed by atoms with Gasteiger partial charge in [-0.15, -0.1) is 6.58 Å². The molecule has 0 bridgehead atoms. The van der Waals surface area contributed by atoms with Crippen molar-refractivity contribution in [3.8, 4) is 0 Å². The Kier molecular flexibility index (Phi) is 5.96. The van der Waals surface area contributed by atoms with E-state index in [1.807, 2.05) is 10.6 Å². The summed E-state index contributed by atoms with van der Waals surface area (Å²) >= 11 is 5.26. The van der Waals surface area contributed by atoms with Crippen molar-refractivity contribution in [2.24, 2.45) is 0 Å². The van der Waals surface area contributed by atoms with E-state index >= 15 is 0 Å². The number of aromatic nitrogens is 3. The Labute approximate surface area is 148 Å². The van der Waals surface area contributed by atoms with E-state index in [-0.39, 0.29) is 0 Å². The molecular formula is C18H25N5S. The molecule has 2 heterocycles. The molecule has 0 saturated carbocycles. The van der Waals surface area contributed by atoms with Crippen LogP contribution >= 0.6 is 12.2 Å². The Hall–Kier alpha value is -1.76. The first-order valence-electron chi connectivity index (χ1n) is 8.50. The van der Waals surface area contributed by atoms with E-state index < -0.39 is 0 Å². The number of rotatable bonds is 7. The van der Waals surface area contributed by atoms with Gasteiger partial charge in [0.1, 0.15) is 5.82 Å². The molecule has 0 radical (unpaired) electrons. The van der Waals surface area contributed by atoms with Gasteiger partial charge < -0.3 is 9.47 Å². The molecule has 1 aromatic heterocycles. The summed E-state index contributed by atoms with van der Waals surface area (Å²) in [6.07, 6.45) is 2.77. The monoisotopic (exact) mass is 343 g/mol. The highest BCUT2D eigenvalue weighted by Crippen LogP contribution is 2.09. The van der Waals surface area contributed by atoms with Gasteiger partial charge in [-0.1, -0.05) is 36.4 Å². The summed E-state index contributed by atoms with van der Waals surface area (Å²) in [7, 11) is 0. The number of aromatic amines is 1. The van der Waals surface area contributed by atoms with E-state index in [0.29, 0.717) is 4.77 Å². The van der Waals surface area contributed by atoms with Crippen LogP contribution in [0, 0.1) is 4.77 Å². The number of hydrogen-bond acceptors (Lipinski definition) is 4. The second-order valence-corrected chi connectivity index (χ2v) is 6.58. The predicted molar refractivity (Wildman–Crippen MR) is 99.5 cm³/mol. The number of nitrogens with zero attached hydrogens (tertiary/aromatic N) is 4. The summed E-state index contributed by atoms with van der Waals surface area (Å²) in [5.41, 5.74) is 1.39. The van der Waals surface area contributed by atoms with Gasteiger partial charge in [-0.25, -0.2) is 0 Å². The van der Waals surface area contributed by atoms with E-state index in [4.69, 9.17) is 12.2 Å². The van der Waals surface area contributed by atoms with Crippen molar-refractivity contribution < 1.29 is 0 Å². The summed E-state index contributed by atoms with van der Waals surface area (Å²) in [5, 5.41) is 7.24. The van der Waals surface area contributed by atoms with Crippen molar-refractivity contribution in [1.82, 2.24) is 24.6 Å². The minimum absolute atomic E-state index is 0.678. The Morgan fingerprint density at radius 3 is 2.54 bits per heavy atom. The molecule has 24 heavy (non-hydrogen) atoms. The minimum Gasteiger partial charge on any atom is -0.300 e. The summed E-state index contributed by atoms with van der Waals surface area (Å²) in [6.45, 7) is 11.0. The molecule has 5 nitrogen and oxygen atoms in total. The van der Waals surface area contributed by atoms with Crippen molar-refractivity contribution in [3.05, 3.63) is 59.1 Å². The first-order valence-corrected chi connectivity index (χ1v) is 8.90. The van der Waals surface area contributed by atoms with Crippen LogP contribution in [0.1, 0.15) is 11.4 Å². The maximum atomic E-state index is 5.26. The fourth-order valence-corrected chi connectivity index (χ4v) is 3.35. The average molecular weight is 344 g/mol. The van der Waals surface area contributed by atoms with Gasteiger partial charge in [-0.05, 0) is 17.8 Å². The standard InChI is InChI=1S/C18H25N5S/c1-2-9-23-17(19-20-18(23)24)8-10-21-11-13-22(14-12-21)15-16-6-4-3-5-7-16/h2-7H,1,8-15H2,(H,20,24). The molecule has 6 heteroatoms. The maximum Gasteiger partial charge on any atom is 0.195 e. The van der Waals surface area contributed by atoms with Gasteiger partial charge in [0.25, 0.3) is 0 Å². The summed E-state index contributed by atoms with van der Waals surface area (Å²) in [5.74, 6) is 1.02. The highest BCUT2D eigenvalue weighted by atomic mass is 32.1. The molecule has 0 atom stereocenters. The number of nitrogens with one attached hydrogen (secondary N) is 1. The zero-order valence-corrected chi connectivity index (χ0v) is 14.8. The second kappa shape index (κ2) is 8.37. The third kappa shape index (κ3) is 4.41. The molecule has 1 aromatic carbocycles. The van der Waals surface area contributed by atoms with Crippen LogP contribution < -0.4 is 0 Å². The third-order valence-electron chi connectivity index (χ3n) is 4.51. The summed E-state index contributed by atoms with van der Waals surface area (Å²) < 4.78 is 2.70. The Morgan fingerprint density at radius 1 is 1.12 bits per heavy atom. The smallest absolute Gasteiger partial charge is 0.195 e. The van der Waals surface area contributed by atoms with Crippen LogP contribution in [0.5, 0.6) is 0 Å². The van der Waals surface area contributed by atoms with Crippen molar-refractivity contribution in [3.63, 3.8) is 0 Å². The Bertz CT molecular complexity index is 698. The topological polar surface area (TPSA) is 40.1 Å². The molecule has 128 valence electrons. The van der Waals surface area contributed by atoms with Gasteiger partial charge in [-0.2, -0.15) is 5.10 Å². The van der Waals surface area contributed by atoms with Gasteiger partial charge in [0.15, 0.2) is 4.77 Å². The van der Waals surface area contributed by atoms with Crippen molar-refractivity contribution >= 4 is 12.2 Å². The van der Waals surface area contributed by atoms with Crippen LogP contribution in [0.2, 0.25) is 0 Å². The molecule has 1 aliphatic rings. The predicted octanol–water partition coefficient (Wildman–Crippen LogP) is 2.49. The van der Waals surface area contributed by atoms with Crippen LogP contribution in [0.15, 0.2) is 43.0 Å². The molecule has 3 rings (SSSR count). The molecule has 0 amide bonds. The highest BCUT2D eigenvalue weighted by Gasteiger charge is 2.17. The first-order chi connectivity index (χ1) is 11.8. The number of piperazine rings is 1. The van der Waals surface area contributed by atoms with Crippen molar-refractivity contribution in [2.45, 2.75) is 19.5 Å². The number of hydrogen-bond donors (Lipinski definition) is 1. The molecule has 1 saturated heterocycles. The Morgan fingerprint density at radius 2 is 1.83 bits per heavy atom. The number of benzene rings is 1. The van der Waals surface area contributed by atoms with Crippen LogP contribution in [0.25, 0.3) is 0 Å². The zero-order chi connectivity index (χ0) is 16.8. The van der Waals surface area contributed by atoms with Crippen LogP contribution in [0.3, 0.4) is 0 Å². The lowest BCUT2D eigenvalue weighted by Gasteiger charge is -2.34. The van der Waals surface area contributed by atoms with Gasteiger partial charge in [0, 0.05) is 52.2 Å². The van der Waals surface area contributed by atoms with Gasteiger partial charge in [0.2, 0.25) is 0 Å². The minimum atomic E-state index is 0.678. The molecule has 1 fully saturated rings. The van der Waals surface area contributed by atoms with E-state index in [1.165, 1.54) is 5.56 Å². The molecule has 1 aliphatic heterocycles. The van der Waals surface area contributed by atoms with Gasteiger partial charge in [-0.3, -0.25) is 10.00 Å². The van der Waals surface area contributed by atoms with Crippen LogP contribution in [-0.4, -0.2) is 57.3 Å². The molecule has 2 aromatic rings. The van der Waals surface area contributed by atoms with Crippen molar-refractivity contribution in [1.29, 1.82) is 0 Å². The van der Waals surface area contributed by atoms with Gasteiger partial charge in [0.05, 0.1) is 0 Å². The molecular weight excluding hydrogens is 318 g/mol. The lowest BCUT2D eigenvalue weighted by atomic mass is 10.2. The van der Waals surface area contributed by atoms with Crippen molar-refractivity contribution in [2.75, 3.05) is 32.7 Å². The quantitative estimate of drug-likeness (QED) is 0.619. The normalized spacial score (nSPS) is 16.3. The fourth-order valence-electron chi connectivity index (χ4n) is 3.13. The van der Waals surface area contributed by atoms with Gasteiger partial charge >= 0.3 is 0 Å². The fraction of sp³-hybridized carbons (Fsp3) is 0.444. The van der Waals surface area contributed by atoms with E-state index in [9.17, 15) is 0 Å². The molecule has 0 aliphatic carbocycles. The maximum absolute atomic E-state index is 5.26. The first kappa shape index (κ1) is 17.1. The third-order valence-corrected chi connectivity index (χ3v) is 4.83.